The van der Waals surface area contributed by atoms with Crippen molar-refractivity contribution in [2.45, 2.75) is 133 Å². The van der Waals surface area contributed by atoms with E-state index in [4.69, 9.17) is 10.2 Å². The molecule has 2 aromatic rings. The Morgan fingerprint density at radius 1 is 0.560 bits per heavy atom. The molecule has 0 aliphatic carbocycles. The molecule has 0 spiro atoms. The molecule has 0 bridgehead atoms. The van der Waals surface area contributed by atoms with Crippen molar-refractivity contribution in [1.82, 2.24) is 51.4 Å². The molecule has 11 N–H and O–H groups in total. The summed E-state index contributed by atoms with van der Waals surface area (Å²) >= 11 is 0. The van der Waals surface area contributed by atoms with Gasteiger partial charge < -0.3 is 67.0 Å². The maximum atomic E-state index is 13.7. The maximum absolute atomic E-state index is 13.7. The number of urea groups is 2. The number of alkyl halides is 1. The topological polar surface area (TPSA) is 406 Å². The van der Waals surface area contributed by atoms with Crippen LogP contribution in [0.2, 0.25) is 0 Å². The fourth-order valence-corrected chi connectivity index (χ4v) is 8.73. The first-order valence-electron chi connectivity index (χ1n) is 24.5. The average Bonchev–Trinajstić information content (AvgIpc) is 3.85. The quantitative estimate of drug-likeness (QED) is 0.0524. The number of benzene rings is 1. The number of piperidine rings is 2. The van der Waals surface area contributed by atoms with E-state index in [0.29, 0.717) is 49.9 Å². The molecule has 28 heteroatoms. The number of amides is 7. The summed E-state index contributed by atoms with van der Waals surface area (Å²) in [5, 5.41) is 75.8. The number of hydrogen-bond acceptors (Lipinski definition) is 13. The van der Waals surface area contributed by atoms with Crippen LogP contribution in [0.25, 0.3) is 5.69 Å². The standard InChI is InChI=1S/C47H65FN10O17/c48-19-1-2-31-26-58(55-54-31)32-7-3-29(4-8-32)41(65)49-30(5-11-37(59)56-20-15-27(16-21-56)24-35(44(70)71)52-46(74)50-33(42(66)67)9-13-39(61)62)6-12-38(60)57-22-17-28(18-23-57)25-36(45(72)73)53-47(75)51-34(43(68)69)10-14-40(63)64/h3-4,7-8,26-28,30,33-36H,1-2,5-6,9-25H2,(H,49,65)(H,61,62)(H,63,64)(H,66,67)(H,68,69)(H,70,71)(H,72,73)(H2,50,52,74)(H2,51,53,75)/t30?,33-,34-,35-,36?/m0/s1. The number of carbonyl (C=O) groups is 11. The van der Waals surface area contributed by atoms with E-state index in [9.17, 15) is 77.6 Å². The second-order valence-electron chi connectivity index (χ2n) is 18.5. The second kappa shape index (κ2) is 29.7. The Kier molecular flexibility index (Phi) is 23.6. The first-order chi connectivity index (χ1) is 35.6. The highest BCUT2D eigenvalue weighted by Gasteiger charge is 2.33. The Hall–Kier alpha value is -7.94. The number of likely N-dealkylation sites (tertiary alicyclic amines) is 2. The second-order valence-corrected chi connectivity index (χ2v) is 18.5. The molecule has 7 amide bonds. The van der Waals surface area contributed by atoms with Crippen LogP contribution in [0.1, 0.15) is 112 Å². The lowest BCUT2D eigenvalue weighted by molar-refractivity contribution is -0.142. The molecule has 412 valence electrons. The highest BCUT2D eigenvalue weighted by molar-refractivity contribution is 5.94. The number of halogens is 1. The van der Waals surface area contributed by atoms with E-state index in [1.807, 2.05) is 0 Å². The predicted molar refractivity (Wildman–Crippen MR) is 256 cm³/mol. The summed E-state index contributed by atoms with van der Waals surface area (Å²) in [5.74, 6) is -9.81. The van der Waals surface area contributed by atoms with Crippen molar-refractivity contribution in [3.8, 4) is 5.69 Å². The van der Waals surface area contributed by atoms with Gasteiger partial charge in [-0.15, -0.1) is 5.10 Å². The molecule has 2 unspecified atom stereocenters. The lowest BCUT2D eigenvalue weighted by Gasteiger charge is -2.34. The van der Waals surface area contributed by atoms with Gasteiger partial charge in [-0.05, 0) is 113 Å². The molecule has 75 heavy (non-hydrogen) atoms. The summed E-state index contributed by atoms with van der Waals surface area (Å²) < 4.78 is 14.2. The summed E-state index contributed by atoms with van der Waals surface area (Å²) in [6.07, 6.45) is 2.02. The third-order valence-corrected chi connectivity index (χ3v) is 13.0. The molecule has 3 heterocycles. The molecular weight excluding hydrogens is 996 g/mol. The number of hydrogen-bond donors (Lipinski definition) is 11. The molecule has 2 aliphatic rings. The normalized spacial score (nSPS) is 16.0. The van der Waals surface area contributed by atoms with E-state index < -0.39 is 116 Å². The van der Waals surface area contributed by atoms with E-state index in [-0.39, 0.29) is 93.9 Å². The Balaban J connectivity index is 1.34. The van der Waals surface area contributed by atoms with Crippen LogP contribution < -0.4 is 26.6 Å². The summed E-state index contributed by atoms with van der Waals surface area (Å²) in [6, 6.07) is -2.42. The summed E-state index contributed by atoms with van der Waals surface area (Å²) in [6.45, 7) is 0.483. The van der Waals surface area contributed by atoms with Crippen LogP contribution in [-0.2, 0) is 44.8 Å². The van der Waals surface area contributed by atoms with Crippen molar-refractivity contribution in [3.05, 3.63) is 41.7 Å². The molecule has 2 fully saturated rings. The van der Waals surface area contributed by atoms with Gasteiger partial charge in [0.05, 0.1) is 24.3 Å². The van der Waals surface area contributed by atoms with E-state index in [1.165, 1.54) is 4.68 Å². The molecule has 5 atom stereocenters. The largest absolute Gasteiger partial charge is 0.481 e. The zero-order valence-corrected chi connectivity index (χ0v) is 41.1. The maximum Gasteiger partial charge on any atom is 0.326 e. The minimum Gasteiger partial charge on any atom is -0.481 e. The number of aryl methyl sites for hydroxylation is 1. The Labute approximate surface area is 428 Å². The van der Waals surface area contributed by atoms with Crippen LogP contribution >= 0.6 is 0 Å². The SMILES string of the molecule is O=C(O)CC[C@H](NC(=O)NC(CC1CCN(C(=O)CCC(CCC(=O)N2CCC(C[C@H](NC(=O)N[C@@H](CCC(=O)O)C(=O)O)C(=O)O)CC2)NC(=O)c2ccc(-n3cc(CCCF)nn3)cc2)CC1)C(=O)O)C(=O)O. The van der Waals surface area contributed by atoms with Gasteiger partial charge in [0.2, 0.25) is 11.8 Å². The Morgan fingerprint density at radius 3 is 1.36 bits per heavy atom. The van der Waals surface area contributed by atoms with E-state index in [2.05, 4.69) is 36.9 Å². The molecule has 27 nitrogen and oxygen atoms in total. The van der Waals surface area contributed by atoms with Gasteiger partial charge >= 0.3 is 47.9 Å². The molecule has 0 saturated carbocycles. The fourth-order valence-electron chi connectivity index (χ4n) is 8.73. The zero-order chi connectivity index (χ0) is 55.2. The molecule has 4 rings (SSSR count). The van der Waals surface area contributed by atoms with Crippen LogP contribution in [0.3, 0.4) is 0 Å². The number of nitrogens with zero attached hydrogens (tertiary/aromatic N) is 5. The summed E-state index contributed by atoms with van der Waals surface area (Å²) in [7, 11) is 0. The van der Waals surface area contributed by atoms with Crippen molar-refractivity contribution < 1.29 is 87.8 Å². The number of nitrogens with one attached hydrogen (secondary N) is 5. The molecule has 1 aromatic heterocycles. The van der Waals surface area contributed by atoms with Gasteiger partial charge in [-0.25, -0.2) is 33.4 Å². The van der Waals surface area contributed by atoms with Gasteiger partial charge in [0, 0.05) is 63.5 Å². The van der Waals surface area contributed by atoms with E-state index in [0.717, 1.165) is 0 Å². The minimum absolute atomic E-state index is 0.0343. The average molecular weight is 1060 g/mol. The molecule has 2 aliphatic heterocycles. The van der Waals surface area contributed by atoms with E-state index in [1.54, 1.807) is 40.3 Å². The third kappa shape index (κ3) is 20.5. The highest BCUT2D eigenvalue weighted by Crippen LogP contribution is 2.25. The van der Waals surface area contributed by atoms with Crippen LogP contribution in [0.4, 0.5) is 14.0 Å². The van der Waals surface area contributed by atoms with Crippen molar-refractivity contribution in [2.24, 2.45) is 11.8 Å². The van der Waals surface area contributed by atoms with Crippen LogP contribution in [0.15, 0.2) is 30.5 Å². The number of aliphatic carboxylic acids is 6. The first-order valence-corrected chi connectivity index (χ1v) is 24.5. The van der Waals surface area contributed by atoms with Gasteiger partial charge in [0.15, 0.2) is 0 Å². The van der Waals surface area contributed by atoms with Gasteiger partial charge in [0.25, 0.3) is 5.91 Å². The first kappa shape index (κ1) is 59.6. The number of carboxylic acid groups (broad SMARTS) is 6. The molecule has 1 aromatic carbocycles. The molecule has 0 radical (unpaired) electrons. The number of carboxylic acids is 6. The van der Waals surface area contributed by atoms with Crippen molar-refractivity contribution in [1.29, 1.82) is 0 Å². The number of aromatic nitrogens is 3. The lowest BCUT2D eigenvalue weighted by atomic mass is 9.89. The highest BCUT2D eigenvalue weighted by atomic mass is 19.1. The van der Waals surface area contributed by atoms with E-state index >= 15 is 0 Å². The monoisotopic (exact) mass is 1060 g/mol. The molecule has 2 saturated heterocycles. The predicted octanol–water partition coefficient (Wildman–Crippen LogP) is 1.23. The van der Waals surface area contributed by atoms with Crippen molar-refractivity contribution in [3.63, 3.8) is 0 Å². The summed E-state index contributed by atoms with van der Waals surface area (Å²) in [4.78, 5) is 138. The third-order valence-electron chi connectivity index (χ3n) is 13.0. The van der Waals surface area contributed by atoms with Crippen LogP contribution in [-0.4, -0.2) is 184 Å². The Morgan fingerprint density at radius 2 is 0.973 bits per heavy atom. The van der Waals surface area contributed by atoms with Gasteiger partial charge in [0.1, 0.15) is 24.2 Å². The summed E-state index contributed by atoms with van der Waals surface area (Å²) in [5.41, 5.74) is 1.45. The zero-order valence-electron chi connectivity index (χ0n) is 41.1. The minimum atomic E-state index is -1.57. The molecular formula is C47H65FN10O17. The smallest absolute Gasteiger partial charge is 0.326 e. The van der Waals surface area contributed by atoms with Gasteiger partial charge in [-0.1, -0.05) is 5.21 Å². The van der Waals surface area contributed by atoms with Crippen LogP contribution in [0.5, 0.6) is 0 Å². The fraction of sp³-hybridized carbons (Fsp3) is 0.596. The number of rotatable bonds is 30. The van der Waals surface area contributed by atoms with Gasteiger partial charge in [-0.2, -0.15) is 0 Å². The lowest BCUT2D eigenvalue weighted by Crippen LogP contribution is -2.52. The van der Waals surface area contributed by atoms with Crippen LogP contribution in [0, 0.1) is 11.8 Å². The number of carbonyl (C=O) groups excluding carboxylic acids is 5. The van der Waals surface area contributed by atoms with Crippen molar-refractivity contribution >= 4 is 65.6 Å². The Bertz CT molecular complexity index is 2230. The van der Waals surface area contributed by atoms with Crippen molar-refractivity contribution in [2.75, 3.05) is 32.9 Å². The van der Waals surface area contributed by atoms with Gasteiger partial charge in [-0.3, -0.25) is 28.4 Å².